The first kappa shape index (κ1) is 17.5. The van der Waals surface area contributed by atoms with Gasteiger partial charge >= 0.3 is 5.97 Å². The molecule has 0 bridgehead atoms. The molecule has 0 rings (SSSR count). The zero-order chi connectivity index (χ0) is 17.4. The number of carbonyl (C=O) groups is 3. The van der Waals surface area contributed by atoms with Crippen molar-refractivity contribution in [2.75, 3.05) is 6.54 Å². The second kappa shape index (κ2) is 8.64. The van der Waals surface area contributed by atoms with Gasteiger partial charge in [-0.2, -0.15) is 0 Å². The van der Waals surface area contributed by atoms with Crippen LogP contribution in [0.5, 0.6) is 0 Å². The predicted molar refractivity (Wildman–Crippen MR) is 67.9 cm³/mol. The molecule has 0 radical (unpaired) electrons. The van der Waals surface area contributed by atoms with Crippen molar-refractivity contribution in [3.8, 4) is 0 Å². The van der Waals surface area contributed by atoms with Gasteiger partial charge in [0.1, 0.15) is 13.6 Å². The lowest BCUT2D eigenvalue weighted by Crippen LogP contribution is -2.58. The number of aliphatic hydroxyl groups is 4. The molecule has 122 valence electrons. The molecule has 0 aliphatic carbocycles. The summed E-state index contributed by atoms with van der Waals surface area (Å²) in [6.07, 6.45) is -8.05. The zero-order valence-electron chi connectivity index (χ0n) is 12.3. The Hall–Kier alpha value is -1.59. The van der Waals surface area contributed by atoms with E-state index in [1.807, 2.05) is 0 Å². The van der Waals surface area contributed by atoms with Gasteiger partial charge in [-0.05, 0) is 0 Å². The van der Waals surface area contributed by atoms with Gasteiger partial charge in [0.25, 0.3) is 0 Å². The highest BCUT2D eigenvalue weighted by Gasteiger charge is 2.37. The quantitative estimate of drug-likeness (QED) is 0.197. The predicted octanol–water partition coefficient (Wildman–Crippen LogP) is -4.06. The number of carbonyl (C=O) groups excluding carboxylic acids is 2. The van der Waals surface area contributed by atoms with Gasteiger partial charge in [-0.25, -0.2) is 4.79 Å². The van der Waals surface area contributed by atoms with Crippen molar-refractivity contribution in [3.05, 3.63) is 0 Å². The molecule has 10 heteroatoms. The molecule has 1 amide bonds. The molecule has 21 heavy (non-hydrogen) atoms. The summed E-state index contributed by atoms with van der Waals surface area (Å²) in [5, 5.41) is 49.4. The van der Waals surface area contributed by atoms with Gasteiger partial charge in [0.15, 0.2) is 0 Å². The van der Waals surface area contributed by atoms with Gasteiger partial charge in [0.05, 0.1) is 18.2 Å². The number of hydrogen-bond donors (Lipinski definition) is 7. The molecule has 0 spiro atoms. The Morgan fingerprint density at radius 3 is 2.14 bits per heavy atom. The zero-order valence-corrected chi connectivity index (χ0v) is 11.3. The lowest BCUT2D eigenvalue weighted by atomic mass is 9.94. The fourth-order valence-electron chi connectivity index (χ4n) is 1.61. The number of nitrogens with two attached hydrogens (primary N) is 1. The maximum atomic E-state index is 11.1. The van der Waals surface area contributed by atoms with Crippen LogP contribution < -0.4 is 11.0 Å². The van der Waals surface area contributed by atoms with E-state index in [1.54, 1.807) is 5.73 Å². The largest absolute Gasteiger partial charge is 0.475 e. The van der Waals surface area contributed by atoms with Gasteiger partial charge < -0.3 is 36.6 Å². The van der Waals surface area contributed by atoms with Gasteiger partial charge in [-0.15, -0.1) is 0 Å². The fourth-order valence-corrected chi connectivity index (χ4v) is 1.61. The maximum absolute atomic E-state index is 11.1. The average Bonchev–Trinajstić information content (AvgIpc) is 2.42. The molecule has 0 aliphatic heterocycles. The summed E-state index contributed by atoms with van der Waals surface area (Å²) < 4.78 is 6.68. The minimum atomic E-state index is -1.90. The Labute approximate surface area is 121 Å². The lowest BCUT2D eigenvalue weighted by Gasteiger charge is -2.32. The molecule has 8 N–H and O–H groups in total. The number of ketones is 1. The topological polar surface area (TPSA) is 190 Å². The second-order valence-corrected chi connectivity index (χ2v) is 4.48. The smallest absolute Gasteiger partial charge is 0.372 e. The van der Waals surface area contributed by atoms with Gasteiger partial charge in [-0.1, -0.05) is 0 Å². The van der Waals surface area contributed by atoms with E-state index in [0.717, 1.165) is 6.92 Å². The molecule has 0 aliphatic rings. The molecule has 0 heterocycles. The number of rotatable bonds is 10. The third kappa shape index (κ3) is 6.14. The fraction of sp³-hybridized carbons (Fsp3) is 0.727. The minimum absolute atomic E-state index is 0.408. The van der Waals surface area contributed by atoms with Gasteiger partial charge in [0.2, 0.25) is 11.7 Å². The van der Waals surface area contributed by atoms with Gasteiger partial charge in [-0.3, -0.25) is 9.59 Å². The van der Waals surface area contributed by atoms with Crippen LogP contribution in [0.25, 0.3) is 0 Å². The van der Waals surface area contributed by atoms with Crippen molar-refractivity contribution in [1.82, 2.24) is 5.32 Å². The normalized spacial score (nSPS) is 18.8. The number of amides is 1. The van der Waals surface area contributed by atoms with Crippen LogP contribution in [-0.4, -0.2) is 80.2 Å². The van der Waals surface area contributed by atoms with E-state index in [-0.39, 0.29) is 0 Å². The van der Waals surface area contributed by atoms with E-state index in [9.17, 15) is 34.8 Å². The highest BCUT2D eigenvalue weighted by atomic mass is 16.4. The van der Waals surface area contributed by atoms with Crippen molar-refractivity contribution in [1.29, 1.82) is 0 Å². The number of aliphatic hydroxyl groups excluding tert-OH is 4. The molecule has 0 aromatic heterocycles. The number of hydrogen-bond acceptors (Lipinski definition) is 8. The Morgan fingerprint density at radius 2 is 1.71 bits per heavy atom. The number of carboxylic acids is 1. The third-order valence-corrected chi connectivity index (χ3v) is 2.74. The van der Waals surface area contributed by atoms with Crippen LogP contribution in [0.1, 0.15) is 13.3 Å². The standard InChI is InChI=1S/C11H20N2O8/c1-4(14)13-8(5(15)2-6(16)11(20)21)10(19)9(18)7(17)3-12/h5,7-10,15,17-19H,2-3,12H2,1H3,(H,13,14)(H,20,21)/t5-,7+,8+,9+,10+/m0/s1/i/hD. The van der Waals surface area contributed by atoms with E-state index in [0.29, 0.717) is 0 Å². The molecule has 0 aromatic carbocycles. The molecule has 0 saturated heterocycles. The summed E-state index contributed by atoms with van der Waals surface area (Å²) in [7, 11) is 0. The summed E-state index contributed by atoms with van der Waals surface area (Å²) in [4.78, 5) is 32.6. The molecular formula is C11H20N2O8. The Bertz CT molecular complexity index is 408. The number of nitrogens with one attached hydrogen (secondary N) is 1. The van der Waals surface area contributed by atoms with Crippen LogP contribution >= 0.6 is 0 Å². The Kier molecular flexibility index (Phi) is 7.19. The highest BCUT2D eigenvalue weighted by molar-refractivity contribution is 6.32. The van der Waals surface area contributed by atoms with E-state index in [1.165, 1.54) is 0 Å². The lowest BCUT2D eigenvalue weighted by molar-refractivity contribution is -0.151. The Balaban J connectivity index is 5.05. The Morgan fingerprint density at radius 1 is 1.14 bits per heavy atom. The van der Waals surface area contributed by atoms with Crippen molar-refractivity contribution in [2.24, 2.45) is 5.73 Å². The molecule has 0 unspecified atom stereocenters. The molecule has 5 atom stereocenters. The summed E-state index contributed by atoms with van der Waals surface area (Å²) in [6.45, 7) is 0.634. The summed E-state index contributed by atoms with van der Waals surface area (Å²) >= 11 is 0. The van der Waals surface area contributed by atoms with Crippen molar-refractivity contribution in [2.45, 2.75) is 43.8 Å². The average molecular weight is 309 g/mol. The summed E-state index contributed by atoms with van der Waals surface area (Å²) in [5.74, 6) is -3.86. The van der Waals surface area contributed by atoms with E-state index in [4.69, 9.17) is 6.52 Å². The molecule has 0 aromatic rings. The first-order valence-electron chi connectivity index (χ1n) is 6.51. The van der Waals surface area contributed by atoms with Crippen molar-refractivity contribution >= 4 is 17.7 Å². The van der Waals surface area contributed by atoms with E-state index >= 15 is 0 Å². The van der Waals surface area contributed by atoms with E-state index in [2.05, 4.69) is 5.32 Å². The summed E-state index contributed by atoms with van der Waals surface area (Å²) in [6, 6.07) is -1.59. The van der Waals surface area contributed by atoms with Gasteiger partial charge in [0, 0.05) is 19.9 Å². The first-order valence-corrected chi connectivity index (χ1v) is 6.01. The van der Waals surface area contributed by atoms with E-state index < -0.39 is 61.1 Å². The van der Waals surface area contributed by atoms with Crippen LogP contribution in [0.15, 0.2) is 0 Å². The highest BCUT2D eigenvalue weighted by Crippen LogP contribution is 2.11. The van der Waals surface area contributed by atoms with Crippen LogP contribution in [0.3, 0.4) is 0 Å². The summed E-state index contributed by atoms with van der Waals surface area (Å²) in [5.41, 5.74) is 1.81. The van der Waals surface area contributed by atoms with Crippen molar-refractivity contribution < 1.29 is 41.3 Å². The van der Waals surface area contributed by atoms with Crippen LogP contribution in [0, 0.1) is 0 Å². The van der Waals surface area contributed by atoms with Crippen LogP contribution in [0.2, 0.25) is 1.41 Å². The SMILES string of the molecule is [2H]NC[C@@H](O)[C@@H](O)[C@H](O)[C@H](NC(C)=O)[C@@H](O)CC(=O)C(=O)O. The third-order valence-electron chi connectivity index (χ3n) is 2.74. The van der Waals surface area contributed by atoms with Crippen molar-refractivity contribution in [3.63, 3.8) is 0 Å². The first-order chi connectivity index (χ1) is 10.1. The number of aliphatic carboxylic acids is 1. The monoisotopic (exact) mass is 309 g/mol. The molecule has 0 fully saturated rings. The van der Waals surface area contributed by atoms with Crippen LogP contribution in [-0.2, 0) is 14.4 Å². The molecular weight excluding hydrogens is 288 g/mol. The molecule has 0 saturated carbocycles. The number of carboxylic acid groups (broad SMARTS) is 1. The minimum Gasteiger partial charge on any atom is -0.475 e. The molecule has 10 nitrogen and oxygen atoms in total. The van der Waals surface area contributed by atoms with Crippen LogP contribution in [0.4, 0.5) is 0 Å². The maximum Gasteiger partial charge on any atom is 0.372 e. The number of Topliss-reactive ketones (excluding diaryl/α,β-unsaturated/α-hetero) is 1. The second-order valence-electron chi connectivity index (χ2n) is 4.48.